The zero-order chi connectivity index (χ0) is 15.6. The first kappa shape index (κ1) is 18.8. The minimum absolute atomic E-state index is 0. The second-order valence-electron chi connectivity index (χ2n) is 5.45. The van der Waals surface area contributed by atoms with Crippen molar-refractivity contribution in [2.75, 3.05) is 13.1 Å². The lowest BCUT2D eigenvalue weighted by Crippen LogP contribution is -2.33. The molecule has 0 aromatic heterocycles. The molecule has 1 saturated heterocycles. The van der Waals surface area contributed by atoms with Crippen molar-refractivity contribution in [3.63, 3.8) is 0 Å². The molecule has 2 unspecified atom stereocenters. The first-order chi connectivity index (χ1) is 9.79. The summed E-state index contributed by atoms with van der Waals surface area (Å²) in [4.78, 5) is 10.1. The van der Waals surface area contributed by atoms with Gasteiger partial charge < -0.3 is 5.73 Å². The SMILES string of the molecule is CC(N)C1CCN(S(=O)(=O)Cc2ccc([N+](=O)[O-])cc2)C1.Cl. The van der Waals surface area contributed by atoms with Gasteiger partial charge in [0, 0.05) is 31.3 Å². The molecule has 1 fully saturated rings. The zero-order valence-electron chi connectivity index (χ0n) is 12.2. The van der Waals surface area contributed by atoms with Gasteiger partial charge in [0.25, 0.3) is 5.69 Å². The molecule has 1 aliphatic heterocycles. The number of benzene rings is 1. The number of nitrogens with zero attached hydrogens (tertiary/aromatic N) is 2. The minimum atomic E-state index is -3.40. The molecule has 7 nitrogen and oxygen atoms in total. The van der Waals surface area contributed by atoms with Crippen molar-refractivity contribution in [1.29, 1.82) is 0 Å². The Bertz CT molecular complexity index is 619. The minimum Gasteiger partial charge on any atom is -0.328 e. The van der Waals surface area contributed by atoms with E-state index in [-0.39, 0.29) is 35.8 Å². The van der Waals surface area contributed by atoms with Crippen LogP contribution in [0.1, 0.15) is 18.9 Å². The summed E-state index contributed by atoms with van der Waals surface area (Å²) < 4.78 is 26.1. The van der Waals surface area contributed by atoms with Gasteiger partial charge in [0.2, 0.25) is 10.0 Å². The van der Waals surface area contributed by atoms with E-state index >= 15 is 0 Å². The number of non-ortho nitro benzene ring substituents is 1. The van der Waals surface area contributed by atoms with E-state index in [1.165, 1.54) is 28.6 Å². The number of rotatable bonds is 5. The molecule has 1 aromatic rings. The molecule has 2 N–H and O–H groups in total. The Morgan fingerprint density at radius 3 is 2.45 bits per heavy atom. The second-order valence-corrected chi connectivity index (χ2v) is 7.41. The van der Waals surface area contributed by atoms with Gasteiger partial charge >= 0.3 is 0 Å². The third-order valence-electron chi connectivity index (χ3n) is 3.82. The monoisotopic (exact) mass is 349 g/mol. The topological polar surface area (TPSA) is 107 Å². The van der Waals surface area contributed by atoms with Crippen LogP contribution in [0.2, 0.25) is 0 Å². The molecule has 0 aliphatic carbocycles. The Morgan fingerprint density at radius 2 is 2.00 bits per heavy atom. The average Bonchev–Trinajstić information content (AvgIpc) is 2.89. The summed E-state index contributed by atoms with van der Waals surface area (Å²) in [5, 5.41) is 10.6. The van der Waals surface area contributed by atoms with Gasteiger partial charge in [0.05, 0.1) is 10.7 Å². The van der Waals surface area contributed by atoms with Crippen molar-refractivity contribution in [3.05, 3.63) is 39.9 Å². The van der Waals surface area contributed by atoms with Crippen LogP contribution in [0.5, 0.6) is 0 Å². The van der Waals surface area contributed by atoms with Crippen LogP contribution in [-0.4, -0.2) is 36.8 Å². The average molecular weight is 350 g/mol. The molecule has 1 heterocycles. The fraction of sp³-hybridized carbons (Fsp3) is 0.538. The number of nitro groups is 1. The van der Waals surface area contributed by atoms with Crippen LogP contribution in [0.4, 0.5) is 5.69 Å². The molecule has 2 atom stereocenters. The highest BCUT2D eigenvalue weighted by molar-refractivity contribution is 7.88. The first-order valence-electron chi connectivity index (χ1n) is 6.76. The molecule has 9 heteroatoms. The van der Waals surface area contributed by atoms with Crippen LogP contribution in [0.3, 0.4) is 0 Å². The highest BCUT2D eigenvalue weighted by Crippen LogP contribution is 2.24. The Kier molecular flexibility index (Phi) is 6.30. The molecular formula is C13H20ClN3O4S. The molecule has 0 amide bonds. The van der Waals surface area contributed by atoms with Gasteiger partial charge in [-0.3, -0.25) is 10.1 Å². The van der Waals surface area contributed by atoms with E-state index in [1.54, 1.807) is 0 Å². The molecule has 1 aliphatic rings. The summed E-state index contributed by atoms with van der Waals surface area (Å²) in [6, 6.07) is 5.58. The number of nitro benzene ring substituents is 1. The highest BCUT2D eigenvalue weighted by atomic mass is 35.5. The molecule has 22 heavy (non-hydrogen) atoms. The molecule has 0 saturated carbocycles. The maximum atomic E-state index is 12.3. The molecule has 124 valence electrons. The summed E-state index contributed by atoms with van der Waals surface area (Å²) in [6.45, 7) is 2.83. The third-order valence-corrected chi connectivity index (χ3v) is 5.64. The Hall–Kier alpha value is -1.22. The van der Waals surface area contributed by atoms with Gasteiger partial charge in [-0.05, 0) is 24.8 Å². The fourth-order valence-electron chi connectivity index (χ4n) is 2.45. The maximum absolute atomic E-state index is 12.3. The fourth-order valence-corrected chi connectivity index (χ4v) is 4.05. The van der Waals surface area contributed by atoms with E-state index in [0.717, 1.165) is 6.42 Å². The number of sulfonamides is 1. The lowest BCUT2D eigenvalue weighted by Gasteiger charge is -2.18. The van der Waals surface area contributed by atoms with Crippen molar-refractivity contribution in [2.24, 2.45) is 11.7 Å². The van der Waals surface area contributed by atoms with Gasteiger partial charge in [-0.25, -0.2) is 12.7 Å². The normalized spacial score (nSPS) is 20.4. The summed E-state index contributed by atoms with van der Waals surface area (Å²) in [6.07, 6.45) is 0.775. The molecule has 0 radical (unpaired) electrons. The smallest absolute Gasteiger partial charge is 0.269 e. The van der Waals surface area contributed by atoms with E-state index in [4.69, 9.17) is 5.73 Å². The van der Waals surface area contributed by atoms with Crippen LogP contribution in [0, 0.1) is 16.0 Å². The number of hydrogen-bond acceptors (Lipinski definition) is 5. The second kappa shape index (κ2) is 7.36. The molecule has 1 aromatic carbocycles. The van der Waals surface area contributed by atoms with Crippen molar-refractivity contribution >= 4 is 28.1 Å². The van der Waals surface area contributed by atoms with Gasteiger partial charge in [0.15, 0.2) is 0 Å². The van der Waals surface area contributed by atoms with Crippen LogP contribution in [0.25, 0.3) is 0 Å². The number of hydrogen-bond donors (Lipinski definition) is 1. The summed E-state index contributed by atoms with van der Waals surface area (Å²) in [7, 11) is -3.40. The van der Waals surface area contributed by atoms with Crippen LogP contribution in [-0.2, 0) is 15.8 Å². The summed E-state index contributed by atoms with van der Waals surface area (Å²) in [5.41, 5.74) is 6.31. The van der Waals surface area contributed by atoms with Gasteiger partial charge in [-0.1, -0.05) is 12.1 Å². The Labute approximate surface area is 136 Å². The number of nitrogens with two attached hydrogens (primary N) is 1. The lowest BCUT2D eigenvalue weighted by molar-refractivity contribution is -0.384. The molecular weight excluding hydrogens is 330 g/mol. The lowest BCUT2D eigenvalue weighted by atomic mass is 10.0. The number of halogens is 1. The predicted octanol–water partition coefficient (Wildman–Crippen LogP) is 1.52. The maximum Gasteiger partial charge on any atom is 0.269 e. The zero-order valence-corrected chi connectivity index (χ0v) is 13.8. The Morgan fingerprint density at radius 1 is 1.41 bits per heavy atom. The molecule has 0 spiro atoms. The third kappa shape index (κ3) is 4.39. The molecule has 2 rings (SSSR count). The van der Waals surface area contributed by atoms with Crippen LogP contribution < -0.4 is 5.73 Å². The van der Waals surface area contributed by atoms with Gasteiger partial charge in [0.1, 0.15) is 0 Å². The standard InChI is InChI=1S/C13H19N3O4S.ClH/c1-10(14)12-6-7-15(8-12)21(19,20)9-11-2-4-13(5-3-11)16(17)18;/h2-5,10,12H,6-9,14H2,1H3;1H. The first-order valence-corrected chi connectivity index (χ1v) is 8.37. The molecule has 0 bridgehead atoms. The van der Waals surface area contributed by atoms with Crippen molar-refractivity contribution in [1.82, 2.24) is 4.31 Å². The Balaban J connectivity index is 0.00000242. The van der Waals surface area contributed by atoms with Crippen molar-refractivity contribution in [2.45, 2.75) is 25.1 Å². The van der Waals surface area contributed by atoms with Crippen molar-refractivity contribution in [3.8, 4) is 0 Å². The van der Waals surface area contributed by atoms with E-state index in [9.17, 15) is 18.5 Å². The van der Waals surface area contributed by atoms with E-state index in [1.807, 2.05) is 6.92 Å². The predicted molar refractivity (Wildman–Crippen MR) is 86.3 cm³/mol. The van der Waals surface area contributed by atoms with Gasteiger partial charge in [-0.2, -0.15) is 0 Å². The van der Waals surface area contributed by atoms with Crippen LogP contribution in [0.15, 0.2) is 24.3 Å². The largest absolute Gasteiger partial charge is 0.328 e. The van der Waals surface area contributed by atoms with Crippen LogP contribution >= 0.6 is 12.4 Å². The summed E-state index contributed by atoms with van der Waals surface area (Å²) >= 11 is 0. The van der Waals surface area contributed by atoms with E-state index < -0.39 is 14.9 Å². The van der Waals surface area contributed by atoms with Gasteiger partial charge in [-0.15, -0.1) is 12.4 Å². The quantitative estimate of drug-likeness (QED) is 0.640. The summed E-state index contributed by atoms with van der Waals surface area (Å²) in [5.74, 6) is 0.0491. The van der Waals surface area contributed by atoms with E-state index in [2.05, 4.69) is 0 Å². The van der Waals surface area contributed by atoms with E-state index in [0.29, 0.717) is 18.7 Å². The van der Waals surface area contributed by atoms with Crippen molar-refractivity contribution < 1.29 is 13.3 Å². The highest BCUT2D eigenvalue weighted by Gasteiger charge is 2.32.